The second kappa shape index (κ2) is 6.27. The average molecular weight is 296 g/mol. The van der Waals surface area contributed by atoms with Crippen molar-refractivity contribution in [3.8, 4) is 11.1 Å². The Morgan fingerprint density at radius 2 is 1.81 bits per heavy atom. The van der Waals surface area contributed by atoms with Crippen molar-refractivity contribution in [2.24, 2.45) is 0 Å². The van der Waals surface area contributed by atoms with Crippen LogP contribution in [0.1, 0.15) is 25.3 Å². The predicted octanol–water partition coefficient (Wildman–Crippen LogP) is 4.35. The Morgan fingerprint density at radius 1 is 1.10 bits per heavy atom. The van der Waals surface area contributed by atoms with Gasteiger partial charge in [-0.1, -0.05) is 55.8 Å². The molecule has 3 heteroatoms. The van der Waals surface area contributed by atoms with Crippen LogP contribution in [0.3, 0.4) is 0 Å². The zero-order valence-electron chi connectivity index (χ0n) is 12.3. The summed E-state index contributed by atoms with van der Waals surface area (Å²) in [5, 5.41) is 4.21. The summed E-state index contributed by atoms with van der Waals surface area (Å²) < 4.78 is 0. The van der Waals surface area contributed by atoms with E-state index in [1.54, 1.807) is 0 Å². The molecular formula is C18H20N2S. The molecule has 0 fully saturated rings. The molecule has 3 rings (SSSR count). The number of rotatable bonds is 3. The maximum Gasteiger partial charge on any atom is 0.173 e. The number of thiocarbonyl (C=S) groups is 1. The lowest BCUT2D eigenvalue weighted by atomic mass is 9.94. The number of unbranched alkanes of at least 4 members (excludes halogenated alkanes) is 1. The largest absolute Gasteiger partial charge is 0.362 e. The molecule has 1 aliphatic heterocycles. The molecule has 0 saturated carbocycles. The third-order valence-electron chi connectivity index (χ3n) is 3.88. The zero-order valence-corrected chi connectivity index (χ0v) is 13.1. The SMILES string of the molecule is CCCCNC(=S)N1Cc2ccccc2-c2ccccc21. The van der Waals surface area contributed by atoms with Gasteiger partial charge in [0.2, 0.25) is 0 Å². The Morgan fingerprint density at radius 3 is 2.62 bits per heavy atom. The molecule has 0 aromatic heterocycles. The molecule has 0 aliphatic carbocycles. The molecule has 0 unspecified atom stereocenters. The Hall–Kier alpha value is -1.87. The lowest BCUT2D eigenvalue weighted by molar-refractivity contribution is 0.749. The number of nitrogens with zero attached hydrogens (tertiary/aromatic N) is 1. The summed E-state index contributed by atoms with van der Waals surface area (Å²) in [7, 11) is 0. The molecule has 0 amide bonds. The maximum atomic E-state index is 5.61. The second-order valence-corrected chi connectivity index (χ2v) is 5.73. The predicted molar refractivity (Wildman–Crippen MR) is 93.6 cm³/mol. The lowest BCUT2D eigenvalue weighted by Crippen LogP contribution is -2.41. The Labute approximate surface area is 131 Å². The Balaban J connectivity index is 1.93. The standard InChI is InChI=1S/C18H20N2S/c1-2-3-12-19-18(21)20-13-14-8-4-5-9-15(14)16-10-6-7-11-17(16)20/h4-11H,2-3,12-13H2,1H3,(H,19,21). The summed E-state index contributed by atoms with van der Waals surface area (Å²) in [4.78, 5) is 2.21. The molecule has 1 aliphatic rings. The number of anilines is 1. The first kappa shape index (κ1) is 14.1. The molecule has 2 nitrogen and oxygen atoms in total. The zero-order chi connectivity index (χ0) is 14.7. The summed E-state index contributed by atoms with van der Waals surface area (Å²) >= 11 is 5.61. The number of nitrogens with one attached hydrogen (secondary N) is 1. The van der Waals surface area contributed by atoms with E-state index in [0.29, 0.717) is 0 Å². The summed E-state index contributed by atoms with van der Waals surface area (Å²) in [6.45, 7) is 3.97. The van der Waals surface area contributed by atoms with Gasteiger partial charge in [-0.25, -0.2) is 0 Å². The molecule has 0 spiro atoms. The van der Waals surface area contributed by atoms with Gasteiger partial charge in [0, 0.05) is 12.1 Å². The van der Waals surface area contributed by atoms with Gasteiger partial charge in [-0.2, -0.15) is 0 Å². The topological polar surface area (TPSA) is 15.3 Å². The molecule has 0 radical (unpaired) electrons. The number of hydrogen-bond acceptors (Lipinski definition) is 1. The fourth-order valence-corrected chi connectivity index (χ4v) is 3.03. The van der Waals surface area contributed by atoms with Gasteiger partial charge in [0.15, 0.2) is 5.11 Å². The maximum absolute atomic E-state index is 5.61. The molecule has 1 heterocycles. The molecule has 2 aromatic rings. The van der Waals surface area contributed by atoms with E-state index in [-0.39, 0.29) is 0 Å². The van der Waals surface area contributed by atoms with Crippen LogP contribution in [0.25, 0.3) is 11.1 Å². The first-order chi connectivity index (χ1) is 10.3. The van der Waals surface area contributed by atoms with Gasteiger partial charge >= 0.3 is 0 Å². The first-order valence-electron chi connectivity index (χ1n) is 7.54. The minimum absolute atomic E-state index is 0.824. The minimum atomic E-state index is 0.824. The van der Waals surface area contributed by atoms with Gasteiger partial charge in [-0.3, -0.25) is 0 Å². The van der Waals surface area contributed by atoms with Crippen LogP contribution in [0, 0.1) is 0 Å². The van der Waals surface area contributed by atoms with Crippen molar-refractivity contribution in [3.05, 3.63) is 54.1 Å². The quantitative estimate of drug-likeness (QED) is 0.669. The molecular weight excluding hydrogens is 276 g/mol. The van der Waals surface area contributed by atoms with Crippen LogP contribution in [0.4, 0.5) is 5.69 Å². The highest BCUT2D eigenvalue weighted by Gasteiger charge is 2.23. The molecule has 21 heavy (non-hydrogen) atoms. The molecule has 0 atom stereocenters. The summed E-state index contributed by atoms with van der Waals surface area (Å²) in [5.74, 6) is 0. The van der Waals surface area contributed by atoms with Gasteiger partial charge in [-0.15, -0.1) is 0 Å². The molecule has 0 saturated heterocycles. The third kappa shape index (κ3) is 2.79. The van der Waals surface area contributed by atoms with Crippen molar-refractivity contribution in [2.45, 2.75) is 26.3 Å². The molecule has 108 valence electrons. The van der Waals surface area contributed by atoms with Gasteiger partial charge in [0.25, 0.3) is 0 Å². The van der Waals surface area contributed by atoms with Crippen LogP contribution in [-0.4, -0.2) is 11.7 Å². The van der Waals surface area contributed by atoms with Crippen molar-refractivity contribution in [1.29, 1.82) is 0 Å². The van der Waals surface area contributed by atoms with Crippen molar-refractivity contribution in [2.75, 3.05) is 11.4 Å². The van der Waals surface area contributed by atoms with Gasteiger partial charge in [-0.05, 0) is 35.8 Å². The second-order valence-electron chi connectivity index (χ2n) is 5.35. The van der Waals surface area contributed by atoms with Crippen molar-refractivity contribution in [1.82, 2.24) is 5.32 Å². The Kier molecular flexibility index (Phi) is 4.20. The van der Waals surface area contributed by atoms with Crippen LogP contribution in [0.5, 0.6) is 0 Å². The van der Waals surface area contributed by atoms with E-state index in [1.165, 1.54) is 28.8 Å². The van der Waals surface area contributed by atoms with E-state index < -0.39 is 0 Å². The molecule has 2 aromatic carbocycles. The lowest BCUT2D eigenvalue weighted by Gasteiger charge is -2.33. The van der Waals surface area contributed by atoms with Gasteiger partial charge in [0.05, 0.1) is 12.2 Å². The summed E-state index contributed by atoms with van der Waals surface area (Å²) in [6.07, 6.45) is 2.32. The van der Waals surface area contributed by atoms with Crippen LogP contribution >= 0.6 is 12.2 Å². The summed E-state index contributed by atoms with van der Waals surface area (Å²) in [5.41, 5.74) is 5.11. The van der Waals surface area contributed by atoms with Crippen LogP contribution in [0.2, 0.25) is 0 Å². The van der Waals surface area contributed by atoms with Crippen LogP contribution < -0.4 is 10.2 Å². The average Bonchev–Trinajstić information content (AvgIpc) is 2.54. The third-order valence-corrected chi connectivity index (χ3v) is 4.25. The van der Waals surface area contributed by atoms with E-state index in [4.69, 9.17) is 12.2 Å². The van der Waals surface area contributed by atoms with E-state index in [9.17, 15) is 0 Å². The van der Waals surface area contributed by atoms with Crippen molar-refractivity contribution in [3.63, 3.8) is 0 Å². The first-order valence-corrected chi connectivity index (χ1v) is 7.94. The van der Waals surface area contributed by atoms with E-state index in [1.807, 2.05) is 0 Å². The Bertz CT molecular complexity index is 651. The molecule has 0 bridgehead atoms. The highest BCUT2D eigenvalue weighted by molar-refractivity contribution is 7.80. The monoisotopic (exact) mass is 296 g/mol. The summed E-state index contributed by atoms with van der Waals surface area (Å²) in [6, 6.07) is 17.1. The van der Waals surface area contributed by atoms with Crippen molar-refractivity contribution < 1.29 is 0 Å². The fraction of sp³-hybridized carbons (Fsp3) is 0.278. The van der Waals surface area contributed by atoms with E-state index in [0.717, 1.165) is 24.6 Å². The number of benzene rings is 2. The van der Waals surface area contributed by atoms with Gasteiger partial charge < -0.3 is 10.2 Å². The highest BCUT2D eigenvalue weighted by Crippen LogP contribution is 2.38. The number of fused-ring (bicyclic) bond motifs is 3. The fourth-order valence-electron chi connectivity index (χ4n) is 2.76. The normalized spacial score (nSPS) is 12.5. The van der Waals surface area contributed by atoms with E-state index in [2.05, 4.69) is 65.7 Å². The van der Waals surface area contributed by atoms with Crippen LogP contribution in [-0.2, 0) is 6.54 Å². The van der Waals surface area contributed by atoms with Crippen molar-refractivity contribution >= 4 is 23.0 Å². The molecule has 1 N–H and O–H groups in total. The smallest absolute Gasteiger partial charge is 0.173 e. The van der Waals surface area contributed by atoms with Crippen LogP contribution in [0.15, 0.2) is 48.5 Å². The number of hydrogen-bond donors (Lipinski definition) is 1. The number of para-hydroxylation sites is 1. The van der Waals surface area contributed by atoms with Gasteiger partial charge in [0.1, 0.15) is 0 Å². The van der Waals surface area contributed by atoms with E-state index >= 15 is 0 Å². The minimum Gasteiger partial charge on any atom is -0.362 e. The highest BCUT2D eigenvalue weighted by atomic mass is 32.1.